The summed E-state index contributed by atoms with van der Waals surface area (Å²) < 4.78 is 1.94. The van der Waals surface area contributed by atoms with E-state index in [9.17, 15) is 0 Å². The van der Waals surface area contributed by atoms with Crippen molar-refractivity contribution in [1.29, 1.82) is 0 Å². The molecule has 1 aromatic carbocycles. The summed E-state index contributed by atoms with van der Waals surface area (Å²) in [5, 5.41) is 7.99. The van der Waals surface area contributed by atoms with Gasteiger partial charge in [0.2, 0.25) is 0 Å². The number of fused-ring (bicyclic) bond motifs is 1. The Kier molecular flexibility index (Phi) is 3.62. The minimum atomic E-state index is 0.550. The van der Waals surface area contributed by atoms with Crippen LogP contribution in [0.5, 0.6) is 0 Å². The zero-order chi connectivity index (χ0) is 14.1. The van der Waals surface area contributed by atoms with Crippen molar-refractivity contribution >= 4 is 0 Å². The second kappa shape index (κ2) is 5.41. The lowest BCUT2D eigenvalue weighted by Crippen LogP contribution is -2.19. The summed E-state index contributed by atoms with van der Waals surface area (Å²) in [4.78, 5) is 0. The molecule has 3 nitrogen and oxygen atoms in total. The smallest absolute Gasteiger partial charge is 0.0571 e. The number of aromatic nitrogens is 2. The molecular weight excluding hydrogens is 246 g/mol. The fourth-order valence-corrected chi connectivity index (χ4v) is 3.10. The van der Waals surface area contributed by atoms with Crippen molar-refractivity contribution in [2.24, 2.45) is 7.05 Å². The Labute approximate surface area is 121 Å². The Bertz CT molecular complexity index is 613. The zero-order valence-electron chi connectivity index (χ0n) is 12.6. The highest BCUT2D eigenvalue weighted by molar-refractivity contribution is 5.67. The van der Waals surface area contributed by atoms with Gasteiger partial charge >= 0.3 is 0 Å². The lowest BCUT2D eigenvalue weighted by atomic mass is 10.0. The lowest BCUT2D eigenvalue weighted by Gasteiger charge is -2.13. The van der Waals surface area contributed by atoms with Crippen molar-refractivity contribution < 1.29 is 0 Å². The average molecular weight is 269 g/mol. The first-order valence-electron chi connectivity index (χ1n) is 7.56. The van der Waals surface area contributed by atoms with Crippen molar-refractivity contribution in [3.05, 3.63) is 41.2 Å². The molecule has 3 rings (SSSR count). The van der Waals surface area contributed by atoms with E-state index in [0.29, 0.717) is 6.04 Å². The molecule has 1 unspecified atom stereocenters. The largest absolute Gasteiger partial charge is 0.310 e. The van der Waals surface area contributed by atoms with Crippen LogP contribution in [0, 0.1) is 6.92 Å². The molecule has 0 saturated carbocycles. The maximum atomic E-state index is 4.35. The molecule has 1 aliphatic carbocycles. The second-order valence-corrected chi connectivity index (χ2v) is 5.73. The van der Waals surface area contributed by atoms with E-state index in [1.807, 2.05) is 17.9 Å². The maximum Gasteiger partial charge on any atom is 0.0571 e. The number of nitrogens with one attached hydrogen (secondary N) is 1. The Morgan fingerprint density at radius 1 is 1.40 bits per heavy atom. The summed E-state index contributed by atoms with van der Waals surface area (Å²) >= 11 is 0. The summed E-state index contributed by atoms with van der Waals surface area (Å²) in [6, 6.07) is 7.45. The molecule has 2 aromatic rings. The van der Waals surface area contributed by atoms with Crippen molar-refractivity contribution in [2.45, 2.75) is 39.2 Å². The van der Waals surface area contributed by atoms with Gasteiger partial charge in [0, 0.05) is 24.3 Å². The average Bonchev–Trinajstić information content (AvgIpc) is 3.01. The van der Waals surface area contributed by atoms with E-state index < -0.39 is 0 Å². The summed E-state index contributed by atoms with van der Waals surface area (Å²) in [6.45, 7) is 5.45. The molecule has 3 heteroatoms. The van der Waals surface area contributed by atoms with E-state index in [2.05, 4.69) is 42.5 Å². The number of rotatable bonds is 4. The predicted octanol–water partition coefficient (Wildman–Crippen LogP) is 3.38. The van der Waals surface area contributed by atoms with Gasteiger partial charge in [-0.25, -0.2) is 0 Å². The number of nitrogens with zero attached hydrogens (tertiary/aromatic N) is 2. The Morgan fingerprint density at radius 2 is 2.25 bits per heavy atom. The molecule has 0 spiro atoms. The van der Waals surface area contributed by atoms with Crippen molar-refractivity contribution in [3.63, 3.8) is 0 Å². The molecule has 0 bridgehead atoms. The predicted molar refractivity (Wildman–Crippen MR) is 82.7 cm³/mol. The third-order valence-electron chi connectivity index (χ3n) is 4.41. The van der Waals surface area contributed by atoms with E-state index >= 15 is 0 Å². The van der Waals surface area contributed by atoms with Crippen LogP contribution in [0.3, 0.4) is 0 Å². The molecule has 1 aromatic heterocycles. The van der Waals surface area contributed by atoms with Gasteiger partial charge in [-0.1, -0.05) is 25.1 Å². The van der Waals surface area contributed by atoms with Crippen LogP contribution < -0.4 is 5.32 Å². The third-order valence-corrected chi connectivity index (χ3v) is 4.41. The Hall–Kier alpha value is -1.61. The second-order valence-electron chi connectivity index (χ2n) is 5.73. The van der Waals surface area contributed by atoms with E-state index in [1.165, 1.54) is 47.2 Å². The molecule has 1 aliphatic rings. The standard InChI is InChI=1S/C17H23N3/c1-4-9-18-17-8-6-13-10-14(5-7-15(13)17)16-11-19-20(3)12(16)2/h5,7,10-11,17-18H,4,6,8-9H2,1-3H3. The first kappa shape index (κ1) is 13.4. The first-order valence-corrected chi connectivity index (χ1v) is 7.56. The third kappa shape index (κ3) is 2.27. The van der Waals surface area contributed by atoms with Gasteiger partial charge < -0.3 is 5.32 Å². The summed E-state index contributed by atoms with van der Waals surface area (Å²) in [5.41, 5.74) is 6.76. The molecule has 1 N–H and O–H groups in total. The molecule has 0 saturated heterocycles. The SMILES string of the molecule is CCCNC1CCc2cc(-c3cnn(C)c3C)ccc21. The van der Waals surface area contributed by atoms with Gasteiger partial charge in [0.1, 0.15) is 0 Å². The van der Waals surface area contributed by atoms with Gasteiger partial charge in [-0.05, 0) is 49.4 Å². The molecular formula is C17H23N3. The Balaban J connectivity index is 1.89. The van der Waals surface area contributed by atoms with Gasteiger partial charge in [0.25, 0.3) is 0 Å². The normalized spacial score (nSPS) is 17.4. The summed E-state index contributed by atoms with van der Waals surface area (Å²) in [7, 11) is 2.00. The molecule has 0 fully saturated rings. The van der Waals surface area contributed by atoms with E-state index in [4.69, 9.17) is 0 Å². The van der Waals surface area contributed by atoms with Crippen molar-refractivity contribution in [1.82, 2.24) is 15.1 Å². The van der Waals surface area contributed by atoms with E-state index in [0.717, 1.165) is 6.54 Å². The minimum Gasteiger partial charge on any atom is -0.310 e. The highest BCUT2D eigenvalue weighted by Crippen LogP contribution is 2.34. The lowest BCUT2D eigenvalue weighted by molar-refractivity contribution is 0.529. The van der Waals surface area contributed by atoms with Gasteiger partial charge in [0.05, 0.1) is 6.20 Å². The highest BCUT2D eigenvalue weighted by Gasteiger charge is 2.22. The van der Waals surface area contributed by atoms with Gasteiger partial charge in [0.15, 0.2) is 0 Å². The zero-order valence-corrected chi connectivity index (χ0v) is 12.6. The summed E-state index contributed by atoms with van der Waals surface area (Å²) in [6.07, 6.45) is 5.58. The Morgan fingerprint density at radius 3 is 2.95 bits per heavy atom. The van der Waals surface area contributed by atoms with Gasteiger partial charge in [-0.15, -0.1) is 0 Å². The first-order chi connectivity index (χ1) is 9.70. The molecule has 0 aliphatic heterocycles. The van der Waals surface area contributed by atoms with Crippen LogP contribution in [0.1, 0.15) is 42.6 Å². The summed E-state index contributed by atoms with van der Waals surface area (Å²) in [5.74, 6) is 0. The van der Waals surface area contributed by atoms with Crippen LogP contribution in [0.4, 0.5) is 0 Å². The molecule has 1 heterocycles. The quantitative estimate of drug-likeness (QED) is 0.922. The van der Waals surface area contributed by atoms with E-state index in [-0.39, 0.29) is 0 Å². The van der Waals surface area contributed by atoms with Crippen molar-refractivity contribution in [2.75, 3.05) is 6.54 Å². The van der Waals surface area contributed by atoms with Crippen LogP contribution in [0.25, 0.3) is 11.1 Å². The van der Waals surface area contributed by atoms with E-state index in [1.54, 1.807) is 0 Å². The van der Waals surface area contributed by atoms with Crippen LogP contribution in [-0.2, 0) is 13.5 Å². The number of hydrogen-bond donors (Lipinski definition) is 1. The molecule has 0 radical (unpaired) electrons. The molecule has 1 atom stereocenters. The number of aryl methyl sites for hydroxylation is 2. The molecule has 106 valence electrons. The minimum absolute atomic E-state index is 0.550. The molecule has 20 heavy (non-hydrogen) atoms. The van der Waals surface area contributed by atoms with Crippen LogP contribution in [-0.4, -0.2) is 16.3 Å². The van der Waals surface area contributed by atoms with Crippen LogP contribution >= 0.6 is 0 Å². The fourth-order valence-electron chi connectivity index (χ4n) is 3.10. The number of benzene rings is 1. The van der Waals surface area contributed by atoms with Crippen LogP contribution in [0.15, 0.2) is 24.4 Å². The highest BCUT2D eigenvalue weighted by atomic mass is 15.3. The number of hydrogen-bond acceptors (Lipinski definition) is 2. The van der Waals surface area contributed by atoms with Gasteiger partial charge in [-0.2, -0.15) is 5.10 Å². The maximum absolute atomic E-state index is 4.35. The molecule has 0 amide bonds. The van der Waals surface area contributed by atoms with Crippen molar-refractivity contribution in [3.8, 4) is 11.1 Å². The fraction of sp³-hybridized carbons (Fsp3) is 0.471. The monoisotopic (exact) mass is 269 g/mol. The van der Waals surface area contributed by atoms with Gasteiger partial charge in [-0.3, -0.25) is 4.68 Å². The van der Waals surface area contributed by atoms with Crippen LogP contribution in [0.2, 0.25) is 0 Å². The topological polar surface area (TPSA) is 29.9 Å².